The van der Waals surface area contributed by atoms with E-state index in [4.69, 9.17) is 0 Å². The van der Waals surface area contributed by atoms with Gasteiger partial charge < -0.3 is 9.72 Å². The molecule has 1 N–H and O–H groups in total. The predicted octanol–water partition coefficient (Wildman–Crippen LogP) is 2.25. The van der Waals surface area contributed by atoms with Crippen LogP contribution in [0.15, 0.2) is 24.4 Å². The normalized spacial score (nSPS) is 19.9. The van der Waals surface area contributed by atoms with Crippen molar-refractivity contribution in [3.8, 4) is 0 Å². The van der Waals surface area contributed by atoms with E-state index in [1.165, 1.54) is 10.6 Å². The van der Waals surface area contributed by atoms with E-state index in [9.17, 15) is 13.2 Å². The fourth-order valence-electron chi connectivity index (χ4n) is 3.47. The molecule has 0 aliphatic carbocycles. The van der Waals surface area contributed by atoms with E-state index < -0.39 is 10.0 Å². The van der Waals surface area contributed by atoms with Gasteiger partial charge in [-0.05, 0) is 30.9 Å². The summed E-state index contributed by atoms with van der Waals surface area (Å²) in [6.45, 7) is 5.75. The largest absolute Gasteiger partial charge is 0.350 e. The van der Waals surface area contributed by atoms with Gasteiger partial charge in [0.05, 0.1) is 11.8 Å². The Hall–Kier alpha value is -1.93. The highest BCUT2D eigenvalue weighted by atomic mass is 32.2. The third-order valence-electron chi connectivity index (χ3n) is 5.32. The number of aromatic nitrogens is 2. The van der Waals surface area contributed by atoms with E-state index in [0.717, 1.165) is 30.6 Å². The average molecular weight is 393 g/mol. The summed E-state index contributed by atoms with van der Waals surface area (Å²) in [6, 6.07) is 5.66. The van der Waals surface area contributed by atoms with Gasteiger partial charge in [0.1, 0.15) is 5.82 Å². The molecule has 27 heavy (non-hydrogen) atoms. The van der Waals surface area contributed by atoms with Gasteiger partial charge in [0, 0.05) is 31.7 Å². The first-order valence-corrected chi connectivity index (χ1v) is 11.4. The molecule has 0 bridgehead atoms. The lowest BCUT2D eigenvalue weighted by Crippen LogP contribution is -2.38. The number of amides is 1. The molecule has 1 aliphatic heterocycles. The zero-order valence-corrected chi connectivity index (χ0v) is 17.0. The monoisotopic (exact) mass is 392 g/mol. The lowest BCUT2D eigenvalue weighted by Gasteiger charge is -2.30. The van der Waals surface area contributed by atoms with Crippen LogP contribution in [-0.2, 0) is 10.0 Å². The van der Waals surface area contributed by atoms with Crippen molar-refractivity contribution in [2.45, 2.75) is 39.0 Å². The van der Waals surface area contributed by atoms with E-state index >= 15 is 0 Å². The van der Waals surface area contributed by atoms with E-state index in [2.05, 4.69) is 24.1 Å². The summed E-state index contributed by atoms with van der Waals surface area (Å²) in [5.74, 6) is 0.956. The second-order valence-electron chi connectivity index (χ2n) is 7.46. The number of carbonyl (C=O) groups excluding carboxylic acids is 1. The summed E-state index contributed by atoms with van der Waals surface area (Å²) in [5.41, 5.74) is 1.16. The van der Waals surface area contributed by atoms with Crippen LogP contribution in [0.2, 0.25) is 0 Å². The molecule has 1 fully saturated rings. The molecule has 0 unspecified atom stereocenters. The van der Waals surface area contributed by atoms with E-state index in [1.807, 2.05) is 28.8 Å². The molecule has 2 aromatic heterocycles. The van der Waals surface area contributed by atoms with Crippen molar-refractivity contribution >= 4 is 21.4 Å². The minimum atomic E-state index is -3.23. The van der Waals surface area contributed by atoms with Gasteiger partial charge in [-0.1, -0.05) is 26.3 Å². The molecule has 0 saturated carbocycles. The van der Waals surface area contributed by atoms with Crippen LogP contribution in [-0.4, -0.2) is 53.9 Å². The maximum absolute atomic E-state index is 12.7. The Balaban J connectivity index is 1.92. The fourth-order valence-corrected chi connectivity index (χ4v) is 4.38. The molecule has 1 saturated heterocycles. The maximum Gasteiger partial charge on any atom is 0.272 e. The molecule has 3 rings (SSSR count). The van der Waals surface area contributed by atoms with E-state index in [-0.39, 0.29) is 11.8 Å². The molecule has 2 aromatic rings. The molecule has 8 heteroatoms. The van der Waals surface area contributed by atoms with Crippen molar-refractivity contribution in [3.05, 3.63) is 35.9 Å². The summed E-state index contributed by atoms with van der Waals surface area (Å²) in [4.78, 5) is 17.4. The van der Waals surface area contributed by atoms with Crippen molar-refractivity contribution < 1.29 is 13.2 Å². The van der Waals surface area contributed by atoms with Crippen LogP contribution in [0.25, 0.3) is 5.52 Å². The molecule has 0 spiro atoms. The Morgan fingerprint density at radius 3 is 2.89 bits per heavy atom. The van der Waals surface area contributed by atoms with Gasteiger partial charge in [-0.15, -0.1) is 0 Å². The number of carbonyl (C=O) groups is 1. The molecular weight excluding hydrogens is 364 g/mol. The first-order valence-electron chi connectivity index (χ1n) is 9.51. The van der Waals surface area contributed by atoms with Gasteiger partial charge >= 0.3 is 0 Å². The number of fused-ring (bicyclic) bond motifs is 1. The van der Waals surface area contributed by atoms with Gasteiger partial charge in [0.15, 0.2) is 5.69 Å². The third-order valence-corrected chi connectivity index (χ3v) is 6.59. The highest BCUT2D eigenvalue weighted by molar-refractivity contribution is 7.88. The first-order chi connectivity index (χ1) is 12.8. The number of hydrogen-bond donors (Lipinski definition) is 1. The Kier molecular flexibility index (Phi) is 5.86. The number of rotatable bonds is 6. The van der Waals surface area contributed by atoms with Crippen LogP contribution in [0.5, 0.6) is 0 Å². The van der Waals surface area contributed by atoms with Crippen LogP contribution in [0.3, 0.4) is 0 Å². The molecule has 0 radical (unpaired) electrons. The van der Waals surface area contributed by atoms with Gasteiger partial charge in [-0.25, -0.2) is 17.7 Å². The topological polar surface area (TPSA) is 83.8 Å². The second-order valence-corrected chi connectivity index (χ2v) is 9.44. The first kappa shape index (κ1) is 19.8. The summed E-state index contributed by atoms with van der Waals surface area (Å²) < 4.78 is 27.3. The van der Waals surface area contributed by atoms with Crippen molar-refractivity contribution in [2.75, 3.05) is 25.9 Å². The highest BCUT2D eigenvalue weighted by Crippen LogP contribution is 2.29. The SMILES string of the molecule is CC[C@H](C)CNC(=O)c1nc([C@H]2CCCN(S(C)(=O)=O)C2)n2ccccc12. The zero-order valence-electron chi connectivity index (χ0n) is 16.2. The minimum absolute atomic E-state index is 0.0282. The smallest absolute Gasteiger partial charge is 0.272 e. The lowest BCUT2D eigenvalue weighted by molar-refractivity contribution is 0.0944. The number of nitrogens with zero attached hydrogens (tertiary/aromatic N) is 3. The fraction of sp³-hybridized carbons (Fsp3) is 0.579. The van der Waals surface area contributed by atoms with Crippen molar-refractivity contribution in [1.29, 1.82) is 0 Å². The molecular formula is C19H28N4O3S. The Bertz CT molecular complexity index is 922. The van der Waals surface area contributed by atoms with Crippen molar-refractivity contribution in [2.24, 2.45) is 5.92 Å². The average Bonchev–Trinajstić information content (AvgIpc) is 3.05. The number of sulfonamides is 1. The zero-order chi connectivity index (χ0) is 19.6. The molecule has 3 heterocycles. The van der Waals surface area contributed by atoms with Gasteiger partial charge in [0.2, 0.25) is 10.0 Å². The minimum Gasteiger partial charge on any atom is -0.350 e. The van der Waals surface area contributed by atoms with Crippen LogP contribution in [0, 0.1) is 5.92 Å². The number of piperidine rings is 1. The molecule has 148 valence electrons. The van der Waals surface area contributed by atoms with Gasteiger partial charge in [-0.3, -0.25) is 4.79 Å². The van der Waals surface area contributed by atoms with Crippen LogP contribution in [0.4, 0.5) is 0 Å². The molecule has 1 aliphatic rings. The summed E-state index contributed by atoms with van der Waals surface area (Å²) >= 11 is 0. The second kappa shape index (κ2) is 7.98. The van der Waals surface area contributed by atoms with Crippen LogP contribution < -0.4 is 5.32 Å². The molecule has 1 amide bonds. The summed E-state index contributed by atoms with van der Waals surface area (Å²) in [7, 11) is -3.23. The van der Waals surface area contributed by atoms with E-state index in [1.54, 1.807) is 0 Å². The van der Waals surface area contributed by atoms with Crippen molar-refractivity contribution in [3.63, 3.8) is 0 Å². The Morgan fingerprint density at radius 1 is 1.41 bits per heavy atom. The van der Waals surface area contributed by atoms with Gasteiger partial charge in [-0.2, -0.15) is 0 Å². The molecule has 7 nitrogen and oxygen atoms in total. The summed E-state index contributed by atoms with van der Waals surface area (Å²) in [6.07, 6.45) is 5.77. The molecule has 2 atom stereocenters. The number of imidazole rings is 1. The Morgan fingerprint density at radius 2 is 2.19 bits per heavy atom. The third kappa shape index (κ3) is 4.32. The van der Waals surface area contributed by atoms with Gasteiger partial charge in [0.25, 0.3) is 5.91 Å². The van der Waals surface area contributed by atoms with Crippen LogP contribution in [0.1, 0.15) is 55.3 Å². The number of pyridine rings is 1. The summed E-state index contributed by atoms with van der Waals surface area (Å²) in [5, 5.41) is 2.97. The standard InChI is InChI=1S/C19H28N4O3S/c1-4-14(2)12-20-19(24)17-16-9-5-6-11-23(16)18(21-17)15-8-7-10-22(13-15)27(3,25)26/h5-6,9,11,14-15H,4,7-8,10,12-13H2,1-3H3,(H,20,24)/t14-,15-/m0/s1. The Labute approximate surface area is 160 Å². The highest BCUT2D eigenvalue weighted by Gasteiger charge is 2.30. The quantitative estimate of drug-likeness (QED) is 0.817. The van der Waals surface area contributed by atoms with Crippen molar-refractivity contribution in [1.82, 2.24) is 19.0 Å². The van der Waals surface area contributed by atoms with Crippen LogP contribution >= 0.6 is 0 Å². The lowest BCUT2D eigenvalue weighted by atomic mass is 9.99. The maximum atomic E-state index is 12.7. The number of nitrogens with one attached hydrogen (secondary N) is 1. The predicted molar refractivity (Wildman–Crippen MR) is 105 cm³/mol. The molecule has 0 aromatic carbocycles. The number of hydrogen-bond acceptors (Lipinski definition) is 4. The van der Waals surface area contributed by atoms with E-state index in [0.29, 0.717) is 31.2 Å².